The Bertz CT molecular complexity index is 128. The summed E-state index contributed by atoms with van der Waals surface area (Å²) in [6, 6.07) is 0. The van der Waals surface area contributed by atoms with Gasteiger partial charge in [-0.2, -0.15) is 18.2 Å². The van der Waals surface area contributed by atoms with E-state index >= 15 is 0 Å². The van der Waals surface area contributed by atoms with Crippen LogP contribution in [0.25, 0.3) is 0 Å². The van der Waals surface area contributed by atoms with Gasteiger partial charge in [-0.15, -0.1) is 0 Å². The summed E-state index contributed by atoms with van der Waals surface area (Å²) in [5, 5.41) is 9.69. The summed E-state index contributed by atoms with van der Waals surface area (Å²) in [6.07, 6.45) is -4.05. The average Bonchev–Trinajstić information content (AvgIpc) is 1.86. The average molecular weight is 169 g/mol. The molecule has 0 bridgehead atoms. The molecule has 0 atom stereocenters. The van der Waals surface area contributed by atoms with Gasteiger partial charge in [-0.1, -0.05) is 0 Å². The quantitative estimate of drug-likeness (QED) is 0.596. The normalized spacial score (nSPS) is 24.0. The van der Waals surface area contributed by atoms with E-state index in [0.29, 0.717) is 0 Å². The molecule has 0 saturated carbocycles. The van der Waals surface area contributed by atoms with E-state index in [-0.39, 0.29) is 25.9 Å². The smallest absolute Gasteiger partial charge is 0.314 e. The van der Waals surface area contributed by atoms with Crippen molar-refractivity contribution in [1.29, 1.82) is 0 Å². The molecule has 0 spiro atoms. The van der Waals surface area contributed by atoms with Crippen LogP contribution in [0.1, 0.15) is 12.8 Å². The van der Waals surface area contributed by atoms with Gasteiger partial charge in [0.2, 0.25) is 0 Å². The molecular formula is C6H10F3NO. The molecule has 1 fully saturated rings. The second kappa shape index (κ2) is 2.98. The van der Waals surface area contributed by atoms with Crippen molar-refractivity contribution in [3.05, 3.63) is 0 Å². The zero-order valence-corrected chi connectivity index (χ0v) is 5.93. The lowest BCUT2D eigenvalue weighted by molar-refractivity contribution is -0.205. The lowest BCUT2D eigenvalue weighted by Crippen LogP contribution is -2.37. The molecule has 0 amide bonds. The van der Waals surface area contributed by atoms with Gasteiger partial charge in [-0.3, -0.25) is 0 Å². The first kappa shape index (κ1) is 8.80. The fourth-order valence-electron chi connectivity index (χ4n) is 1.19. The monoisotopic (exact) mass is 169 g/mol. The predicted octanol–water partition coefficient (Wildman–Crippen LogP) is 1.65. The molecule has 0 aromatic carbocycles. The number of piperidine rings is 1. The van der Waals surface area contributed by atoms with Crippen LogP contribution in [0.4, 0.5) is 13.2 Å². The lowest BCUT2D eigenvalue weighted by atomic mass is 9.98. The summed E-state index contributed by atoms with van der Waals surface area (Å²) in [4.78, 5) is 0. The van der Waals surface area contributed by atoms with Crippen molar-refractivity contribution < 1.29 is 18.4 Å². The molecule has 0 unspecified atom stereocenters. The first-order valence-corrected chi connectivity index (χ1v) is 3.50. The minimum Gasteiger partial charge on any atom is -0.314 e. The highest BCUT2D eigenvalue weighted by Gasteiger charge is 2.40. The Kier molecular flexibility index (Phi) is 2.39. The van der Waals surface area contributed by atoms with Gasteiger partial charge in [-0.05, 0) is 12.8 Å². The third-order valence-electron chi connectivity index (χ3n) is 1.93. The highest BCUT2D eigenvalue weighted by atomic mass is 19.4. The van der Waals surface area contributed by atoms with Crippen LogP contribution in [0.15, 0.2) is 0 Å². The maximum Gasteiger partial charge on any atom is 0.391 e. The highest BCUT2D eigenvalue weighted by molar-refractivity contribution is 4.73. The van der Waals surface area contributed by atoms with Crippen LogP contribution in [-0.2, 0) is 0 Å². The number of hydroxylamine groups is 2. The van der Waals surface area contributed by atoms with Crippen molar-refractivity contribution in [2.45, 2.75) is 19.0 Å². The Balaban J connectivity index is 2.39. The minimum absolute atomic E-state index is 0.0139. The van der Waals surface area contributed by atoms with Crippen molar-refractivity contribution in [3.8, 4) is 0 Å². The first-order chi connectivity index (χ1) is 5.00. The number of hydrogen-bond donors (Lipinski definition) is 1. The van der Waals surface area contributed by atoms with Crippen molar-refractivity contribution in [3.63, 3.8) is 0 Å². The molecular weight excluding hydrogens is 159 g/mol. The standard InChI is InChI=1S/C6H10F3NO/c7-6(8,9)5-1-3-10(11)4-2-5/h5,11H,1-4H2. The van der Waals surface area contributed by atoms with Crippen molar-refractivity contribution in [1.82, 2.24) is 5.06 Å². The van der Waals surface area contributed by atoms with E-state index in [4.69, 9.17) is 5.21 Å². The van der Waals surface area contributed by atoms with Crippen LogP contribution in [0, 0.1) is 5.92 Å². The number of halogens is 3. The van der Waals surface area contributed by atoms with Crippen LogP contribution in [0.3, 0.4) is 0 Å². The largest absolute Gasteiger partial charge is 0.391 e. The third-order valence-corrected chi connectivity index (χ3v) is 1.93. The van der Waals surface area contributed by atoms with E-state index in [1.165, 1.54) is 0 Å². The molecule has 1 heterocycles. The first-order valence-electron chi connectivity index (χ1n) is 3.50. The van der Waals surface area contributed by atoms with Gasteiger partial charge in [0.25, 0.3) is 0 Å². The van der Waals surface area contributed by atoms with Crippen molar-refractivity contribution >= 4 is 0 Å². The van der Waals surface area contributed by atoms with E-state index in [0.717, 1.165) is 5.06 Å². The van der Waals surface area contributed by atoms with Crippen LogP contribution in [0.5, 0.6) is 0 Å². The molecule has 0 radical (unpaired) electrons. The molecule has 1 saturated heterocycles. The summed E-state index contributed by atoms with van der Waals surface area (Å²) in [5.74, 6) is -1.22. The maximum atomic E-state index is 12.0. The van der Waals surface area contributed by atoms with Crippen LogP contribution in [0.2, 0.25) is 0 Å². The van der Waals surface area contributed by atoms with Crippen molar-refractivity contribution in [2.75, 3.05) is 13.1 Å². The molecule has 0 aliphatic carbocycles. The van der Waals surface area contributed by atoms with Crippen LogP contribution >= 0.6 is 0 Å². The summed E-state index contributed by atoms with van der Waals surface area (Å²) >= 11 is 0. The molecule has 1 aliphatic heterocycles. The van der Waals surface area contributed by atoms with Gasteiger partial charge in [0, 0.05) is 13.1 Å². The molecule has 1 rings (SSSR count). The molecule has 66 valence electrons. The molecule has 0 aromatic heterocycles. The number of hydrogen-bond acceptors (Lipinski definition) is 2. The maximum absolute atomic E-state index is 12.0. The molecule has 0 aromatic rings. The molecule has 1 N–H and O–H groups in total. The van der Waals surface area contributed by atoms with Gasteiger partial charge >= 0.3 is 6.18 Å². The van der Waals surface area contributed by atoms with Crippen molar-refractivity contribution in [2.24, 2.45) is 5.92 Å². The Morgan fingerprint density at radius 3 is 2.00 bits per heavy atom. The van der Waals surface area contributed by atoms with E-state index in [1.54, 1.807) is 0 Å². The summed E-state index contributed by atoms with van der Waals surface area (Å²) in [6.45, 7) is 0.258. The van der Waals surface area contributed by atoms with Gasteiger partial charge < -0.3 is 5.21 Å². The molecule has 5 heteroatoms. The minimum atomic E-state index is -4.08. The van der Waals surface area contributed by atoms with Crippen LogP contribution < -0.4 is 0 Å². The van der Waals surface area contributed by atoms with E-state index in [1.807, 2.05) is 0 Å². The predicted molar refractivity (Wildman–Crippen MR) is 32.1 cm³/mol. The van der Waals surface area contributed by atoms with Gasteiger partial charge in [0.15, 0.2) is 0 Å². The zero-order chi connectivity index (χ0) is 8.48. The summed E-state index contributed by atoms with van der Waals surface area (Å²) < 4.78 is 35.9. The number of rotatable bonds is 0. The lowest BCUT2D eigenvalue weighted by Gasteiger charge is -2.28. The SMILES string of the molecule is ON1CCC(C(F)(F)F)CC1. The highest BCUT2D eigenvalue weighted by Crippen LogP contribution is 2.33. The van der Waals surface area contributed by atoms with E-state index in [9.17, 15) is 13.2 Å². The van der Waals surface area contributed by atoms with Gasteiger partial charge in [-0.25, -0.2) is 0 Å². The fraction of sp³-hybridized carbons (Fsp3) is 1.00. The van der Waals surface area contributed by atoms with Gasteiger partial charge in [0.05, 0.1) is 5.92 Å². The van der Waals surface area contributed by atoms with E-state index in [2.05, 4.69) is 0 Å². The number of alkyl halides is 3. The molecule has 2 nitrogen and oxygen atoms in total. The number of nitrogens with zero attached hydrogens (tertiary/aromatic N) is 1. The van der Waals surface area contributed by atoms with Crippen LogP contribution in [-0.4, -0.2) is 29.5 Å². The third kappa shape index (κ3) is 2.34. The Morgan fingerprint density at radius 1 is 1.18 bits per heavy atom. The van der Waals surface area contributed by atoms with Gasteiger partial charge in [0.1, 0.15) is 0 Å². The Labute approximate surface area is 62.6 Å². The molecule has 11 heavy (non-hydrogen) atoms. The second-order valence-electron chi connectivity index (χ2n) is 2.77. The zero-order valence-electron chi connectivity index (χ0n) is 5.93. The fourth-order valence-corrected chi connectivity index (χ4v) is 1.19. The Hall–Kier alpha value is -0.290. The second-order valence-corrected chi connectivity index (χ2v) is 2.77. The topological polar surface area (TPSA) is 23.5 Å². The van der Waals surface area contributed by atoms with E-state index < -0.39 is 12.1 Å². The Morgan fingerprint density at radius 2 is 1.64 bits per heavy atom. The summed E-state index contributed by atoms with van der Waals surface area (Å²) in [5.41, 5.74) is 0. The summed E-state index contributed by atoms with van der Waals surface area (Å²) in [7, 11) is 0. The molecule has 1 aliphatic rings.